The first-order valence-electron chi connectivity index (χ1n) is 10.0. The summed E-state index contributed by atoms with van der Waals surface area (Å²) >= 11 is 0. The molecule has 2 aromatic rings. The minimum atomic E-state index is 0.751. The van der Waals surface area contributed by atoms with Gasteiger partial charge in [-0.15, -0.1) is 10.2 Å². The molecule has 2 fully saturated rings. The minimum Gasteiger partial charge on any atom is -0.382 e. The summed E-state index contributed by atoms with van der Waals surface area (Å²) < 4.78 is 1.78. The Bertz CT molecular complexity index is 682. The fourth-order valence-corrected chi connectivity index (χ4v) is 4.40. The van der Waals surface area contributed by atoms with Crippen molar-refractivity contribution in [3.8, 4) is 0 Å². The van der Waals surface area contributed by atoms with Crippen LogP contribution in [0.4, 0.5) is 5.69 Å². The largest absolute Gasteiger partial charge is 0.382 e. The van der Waals surface area contributed by atoms with E-state index in [1.807, 2.05) is 0 Å². The third-order valence-corrected chi connectivity index (χ3v) is 6.00. The quantitative estimate of drug-likeness (QED) is 0.904. The van der Waals surface area contributed by atoms with Crippen LogP contribution in [-0.2, 0) is 6.42 Å². The second kappa shape index (κ2) is 7.68. The molecule has 1 saturated heterocycles. The molecule has 0 atom stereocenters. The van der Waals surface area contributed by atoms with Crippen molar-refractivity contribution in [2.24, 2.45) is 5.92 Å². The van der Waals surface area contributed by atoms with Gasteiger partial charge in [-0.3, -0.25) is 0 Å². The number of likely N-dealkylation sites (tertiary alicyclic amines) is 1. The zero-order valence-electron chi connectivity index (χ0n) is 15.3. The van der Waals surface area contributed by atoms with Gasteiger partial charge in [0, 0.05) is 12.6 Å². The van der Waals surface area contributed by atoms with Crippen LogP contribution in [-0.4, -0.2) is 50.4 Å². The smallest absolute Gasteiger partial charge is 0.200 e. The molecule has 0 amide bonds. The van der Waals surface area contributed by atoms with Crippen LogP contribution in [0.25, 0.3) is 5.65 Å². The van der Waals surface area contributed by atoms with E-state index in [1.165, 1.54) is 58.0 Å². The molecule has 6 nitrogen and oxygen atoms in total. The SMILES string of the molecule is CCc1cc(NCC2CCN(C3CCCCC3)CC2)c2nncn2n1. The molecule has 1 saturated carbocycles. The van der Waals surface area contributed by atoms with Gasteiger partial charge in [-0.25, -0.2) is 0 Å². The number of hydrogen-bond acceptors (Lipinski definition) is 5. The highest BCUT2D eigenvalue weighted by molar-refractivity contribution is 5.66. The van der Waals surface area contributed by atoms with Gasteiger partial charge in [0.15, 0.2) is 0 Å². The second-order valence-electron chi connectivity index (χ2n) is 7.65. The van der Waals surface area contributed by atoms with Crippen LogP contribution in [0, 0.1) is 5.92 Å². The molecule has 2 aliphatic rings. The molecule has 1 aliphatic carbocycles. The monoisotopic (exact) mass is 342 g/mol. The maximum Gasteiger partial charge on any atom is 0.200 e. The molecule has 0 spiro atoms. The van der Waals surface area contributed by atoms with Crippen molar-refractivity contribution in [3.63, 3.8) is 0 Å². The van der Waals surface area contributed by atoms with Gasteiger partial charge in [0.25, 0.3) is 0 Å². The lowest BCUT2D eigenvalue weighted by Crippen LogP contribution is -2.43. The zero-order chi connectivity index (χ0) is 17.1. The van der Waals surface area contributed by atoms with E-state index in [4.69, 9.17) is 0 Å². The molecule has 1 N–H and O–H groups in total. The van der Waals surface area contributed by atoms with Crippen LogP contribution < -0.4 is 5.32 Å². The first-order valence-corrected chi connectivity index (χ1v) is 10.0. The third-order valence-electron chi connectivity index (χ3n) is 6.00. The Morgan fingerprint density at radius 2 is 1.92 bits per heavy atom. The topological polar surface area (TPSA) is 58.3 Å². The molecular weight excluding hydrogens is 312 g/mol. The number of piperidine rings is 1. The molecule has 1 aliphatic heterocycles. The average Bonchev–Trinajstić information content (AvgIpc) is 3.16. The Kier molecular flexibility index (Phi) is 5.15. The fraction of sp³-hybridized carbons (Fsp3) is 0.737. The molecular formula is C19H30N6. The van der Waals surface area contributed by atoms with E-state index in [-0.39, 0.29) is 0 Å². The van der Waals surface area contributed by atoms with Crippen LogP contribution in [0.15, 0.2) is 12.4 Å². The van der Waals surface area contributed by atoms with E-state index in [0.717, 1.165) is 42.0 Å². The predicted octanol–water partition coefficient (Wildman–Crippen LogP) is 3.14. The molecule has 25 heavy (non-hydrogen) atoms. The maximum atomic E-state index is 4.52. The number of aryl methyl sites for hydroxylation is 1. The van der Waals surface area contributed by atoms with E-state index in [2.05, 4.69) is 38.5 Å². The summed E-state index contributed by atoms with van der Waals surface area (Å²) in [6.45, 7) is 5.69. The second-order valence-corrected chi connectivity index (χ2v) is 7.65. The van der Waals surface area contributed by atoms with Crippen LogP contribution in [0.5, 0.6) is 0 Å². The van der Waals surface area contributed by atoms with Crippen molar-refractivity contribution < 1.29 is 0 Å². The number of nitrogens with one attached hydrogen (secondary N) is 1. The normalized spacial score (nSPS) is 21.0. The number of anilines is 1. The Morgan fingerprint density at radius 1 is 1.12 bits per heavy atom. The van der Waals surface area contributed by atoms with Crippen LogP contribution in [0.1, 0.15) is 57.6 Å². The van der Waals surface area contributed by atoms with Gasteiger partial charge in [0.2, 0.25) is 5.65 Å². The Balaban J connectivity index is 1.33. The summed E-state index contributed by atoms with van der Waals surface area (Å²) in [5, 5.41) is 16.4. The number of nitrogens with zero attached hydrogens (tertiary/aromatic N) is 5. The number of hydrogen-bond donors (Lipinski definition) is 1. The van der Waals surface area contributed by atoms with Gasteiger partial charge < -0.3 is 10.2 Å². The molecule has 6 heteroatoms. The maximum absolute atomic E-state index is 4.52. The molecule has 136 valence electrons. The van der Waals surface area contributed by atoms with Gasteiger partial charge in [-0.05, 0) is 57.2 Å². The number of rotatable bonds is 5. The van der Waals surface area contributed by atoms with E-state index < -0.39 is 0 Å². The standard InChI is InChI=1S/C19H30N6/c1-2-16-12-18(19-22-21-14-25(19)23-16)20-13-15-8-10-24(11-9-15)17-6-4-3-5-7-17/h12,14-15,17,20H,2-11,13H2,1H3. The lowest BCUT2D eigenvalue weighted by molar-refractivity contribution is 0.110. The highest BCUT2D eigenvalue weighted by Crippen LogP contribution is 2.27. The molecule has 0 bridgehead atoms. The summed E-state index contributed by atoms with van der Waals surface area (Å²) in [5.41, 5.74) is 2.97. The molecule has 4 rings (SSSR count). The summed E-state index contributed by atoms with van der Waals surface area (Å²) in [6.07, 6.45) is 12.4. The fourth-order valence-electron chi connectivity index (χ4n) is 4.40. The van der Waals surface area contributed by atoms with Crippen LogP contribution in [0.3, 0.4) is 0 Å². The first kappa shape index (κ1) is 16.8. The Morgan fingerprint density at radius 3 is 2.68 bits per heavy atom. The van der Waals surface area contributed by atoms with E-state index in [9.17, 15) is 0 Å². The minimum absolute atomic E-state index is 0.751. The molecule has 0 unspecified atom stereocenters. The van der Waals surface area contributed by atoms with Crippen molar-refractivity contribution in [1.82, 2.24) is 24.7 Å². The van der Waals surface area contributed by atoms with Gasteiger partial charge in [-0.2, -0.15) is 9.61 Å². The first-order chi connectivity index (χ1) is 12.3. The summed E-state index contributed by atoms with van der Waals surface area (Å²) in [7, 11) is 0. The van der Waals surface area contributed by atoms with Crippen LogP contribution in [0.2, 0.25) is 0 Å². The van der Waals surface area contributed by atoms with Crippen molar-refractivity contribution in [1.29, 1.82) is 0 Å². The van der Waals surface area contributed by atoms with E-state index >= 15 is 0 Å². The van der Waals surface area contributed by atoms with Crippen LogP contribution >= 0.6 is 0 Å². The zero-order valence-corrected chi connectivity index (χ0v) is 15.3. The predicted molar refractivity (Wildman–Crippen MR) is 99.8 cm³/mol. The van der Waals surface area contributed by atoms with Gasteiger partial charge >= 0.3 is 0 Å². The lowest BCUT2D eigenvalue weighted by Gasteiger charge is -2.39. The molecule has 0 radical (unpaired) electrons. The van der Waals surface area contributed by atoms with Gasteiger partial charge in [0.1, 0.15) is 6.33 Å². The summed E-state index contributed by atoms with van der Waals surface area (Å²) in [4.78, 5) is 2.76. The Hall–Kier alpha value is -1.69. The lowest BCUT2D eigenvalue weighted by atomic mass is 9.90. The highest BCUT2D eigenvalue weighted by Gasteiger charge is 2.26. The summed E-state index contributed by atoms with van der Waals surface area (Å²) in [6, 6.07) is 2.99. The van der Waals surface area contributed by atoms with Crippen molar-refractivity contribution in [2.75, 3.05) is 25.0 Å². The average molecular weight is 342 g/mol. The number of aromatic nitrogens is 4. The van der Waals surface area contributed by atoms with E-state index in [1.54, 1.807) is 10.8 Å². The third kappa shape index (κ3) is 3.78. The van der Waals surface area contributed by atoms with Crippen molar-refractivity contribution in [2.45, 2.75) is 64.3 Å². The van der Waals surface area contributed by atoms with E-state index in [0.29, 0.717) is 0 Å². The van der Waals surface area contributed by atoms with Gasteiger partial charge in [0.05, 0.1) is 11.4 Å². The highest BCUT2D eigenvalue weighted by atomic mass is 15.3. The van der Waals surface area contributed by atoms with Crippen molar-refractivity contribution in [3.05, 3.63) is 18.1 Å². The van der Waals surface area contributed by atoms with Crippen molar-refractivity contribution >= 4 is 11.3 Å². The molecule has 3 heterocycles. The number of fused-ring (bicyclic) bond motifs is 1. The summed E-state index contributed by atoms with van der Waals surface area (Å²) in [5.74, 6) is 0.751. The molecule has 2 aromatic heterocycles. The molecule has 0 aromatic carbocycles. The Labute approximate surface area is 150 Å². The van der Waals surface area contributed by atoms with Gasteiger partial charge in [-0.1, -0.05) is 26.2 Å².